The molecule has 0 radical (unpaired) electrons. The van der Waals surface area contributed by atoms with E-state index >= 15 is 0 Å². The van der Waals surface area contributed by atoms with Gasteiger partial charge in [0.25, 0.3) is 0 Å². The number of hydrogen-bond donors (Lipinski definition) is 0. The molecule has 2 aromatic heterocycles. The Morgan fingerprint density at radius 2 is 2.29 bits per heavy atom. The average molecular weight is 205 g/mol. The van der Waals surface area contributed by atoms with Gasteiger partial charge in [0.1, 0.15) is 0 Å². The van der Waals surface area contributed by atoms with E-state index < -0.39 is 0 Å². The van der Waals surface area contributed by atoms with Crippen LogP contribution in [-0.4, -0.2) is 10.9 Å². The van der Waals surface area contributed by atoms with Crippen molar-refractivity contribution >= 4 is 17.6 Å². The number of aryl methyl sites for hydroxylation is 1. The van der Waals surface area contributed by atoms with E-state index in [1.165, 1.54) is 9.75 Å². The van der Waals surface area contributed by atoms with Gasteiger partial charge in [0.05, 0.1) is 12.2 Å². The van der Waals surface area contributed by atoms with E-state index in [2.05, 4.69) is 19.1 Å². The fraction of sp³-hybridized carbons (Fsp3) is 0.182. The summed E-state index contributed by atoms with van der Waals surface area (Å²) in [5.74, 6) is 0. The molecule has 2 aromatic rings. The van der Waals surface area contributed by atoms with E-state index in [0.717, 1.165) is 18.5 Å². The van der Waals surface area contributed by atoms with Crippen LogP contribution in [0.1, 0.15) is 20.2 Å². The Morgan fingerprint density at radius 3 is 2.93 bits per heavy atom. The lowest BCUT2D eigenvalue weighted by molar-refractivity contribution is 0.111. The molecule has 0 N–H and O–H groups in total. The molecule has 0 amide bonds. The van der Waals surface area contributed by atoms with Crippen LogP contribution in [0.4, 0.5) is 0 Å². The molecule has 14 heavy (non-hydrogen) atoms. The first-order valence-electron chi connectivity index (χ1n) is 4.45. The molecule has 0 bridgehead atoms. The molecule has 2 heterocycles. The van der Waals surface area contributed by atoms with Crippen LogP contribution in [-0.2, 0) is 6.54 Å². The molecule has 2 nitrogen and oxygen atoms in total. The third-order valence-electron chi connectivity index (χ3n) is 2.11. The van der Waals surface area contributed by atoms with Crippen molar-refractivity contribution in [2.75, 3.05) is 0 Å². The van der Waals surface area contributed by atoms with Crippen molar-refractivity contribution in [2.24, 2.45) is 0 Å². The maximum absolute atomic E-state index is 10.7. The van der Waals surface area contributed by atoms with Crippen LogP contribution in [0.2, 0.25) is 0 Å². The van der Waals surface area contributed by atoms with Crippen molar-refractivity contribution in [3.05, 3.63) is 45.9 Å². The van der Waals surface area contributed by atoms with Crippen LogP contribution in [0.5, 0.6) is 0 Å². The highest BCUT2D eigenvalue weighted by Crippen LogP contribution is 2.16. The van der Waals surface area contributed by atoms with Crippen molar-refractivity contribution in [2.45, 2.75) is 13.5 Å². The second kappa shape index (κ2) is 3.80. The van der Waals surface area contributed by atoms with E-state index in [0.29, 0.717) is 0 Å². The summed E-state index contributed by atoms with van der Waals surface area (Å²) in [6, 6.07) is 7.93. The first-order valence-corrected chi connectivity index (χ1v) is 5.27. The molecule has 0 aliphatic carbocycles. The van der Waals surface area contributed by atoms with Gasteiger partial charge in [-0.05, 0) is 31.2 Å². The van der Waals surface area contributed by atoms with Crippen LogP contribution in [0.25, 0.3) is 0 Å². The number of rotatable bonds is 3. The van der Waals surface area contributed by atoms with Crippen molar-refractivity contribution in [1.29, 1.82) is 0 Å². The fourth-order valence-corrected chi connectivity index (χ4v) is 2.31. The smallest absolute Gasteiger partial charge is 0.166 e. The van der Waals surface area contributed by atoms with Gasteiger partial charge in [-0.15, -0.1) is 11.3 Å². The fourth-order valence-electron chi connectivity index (χ4n) is 1.42. The molecule has 0 saturated carbocycles. The topological polar surface area (TPSA) is 22.0 Å². The maximum Gasteiger partial charge on any atom is 0.166 e. The monoisotopic (exact) mass is 205 g/mol. The lowest BCUT2D eigenvalue weighted by atomic mass is 10.4. The van der Waals surface area contributed by atoms with Gasteiger partial charge in [-0.2, -0.15) is 0 Å². The number of aldehydes is 1. The molecule has 72 valence electrons. The highest BCUT2D eigenvalue weighted by Gasteiger charge is 2.01. The highest BCUT2D eigenvalue weighted by atomic mass is 32.1. The molecule has 0 spiro atoms. The minimum absolute atomic E-state index is 0.732. The quantitative estimate of drug-likeness (QED) is 0.706. The summed E-state index contributed by atoms with van der Waals surface area (Å²) in [5, 5.41) is 0. The molecule has 0 aromatic carbocycles. The summed E-state index contributed by atoms with van der Waals surface area (Å²) in [4.78, 5) is 13.3. The minimum Gasteiger partial charge on any atom is -0.340 e. The molecule has 2 rings (SSSR count). The standard InChI is InChI=1S/C11H11NOS/c1-9-4-5-11(14-9)7-12-6-2-3-10(12)8-13/h2-6,8H,7H2,1H3. The Hall–Kier alpha value is -1.35. The molecular formula is C11H11NOS. The first kappa shape index (κ1) is 9.21. The van der Waals surface area contributed by atoms with Crippen LogP contribution in [0.15, 0.2) is 30.5 Å². The van der Waals surface area contributed by atoms with Gasteiger partial charge >= 0.3 is 0 Å². The average Bonchev–Trinajstić information content (AvgIpc) is 2.76. The number of nitrogens with zero attached hydrogens (tertiary/aromatic N) is 1. The van der Waals surface area contributed by atoms with E-state index in [1.54, 1.807) is 11.3 Å². The number of carbonyl (C=O) groups is 1. The van der Waals surface area contributed by atoms with Gasteiger partial charge < -0.3 is 4.57 Å². The molecule has 0 atom stereocenters. The molecule has 0 aliphatic heterocycles. The molecule has 0 saturated heterocycles. The van der Waals surface area contributed by atoms with Crippen LogP contribution in [0, 0.1) is 6.92 Å². The van der Waals surface area contributed by atoms with E-state index in [-0.39, 0.29) is 0 Å². The van der Waals surface area contributed by atoms with E-state index in [1.807, 2.05) is 22.9 Å². The van der Waals surface area contributed by atoms with Crippen LogP contribution >= 0.6 is 11.3 Å². The lowest BCUT2D eigenvalue weighted by Gasteiger charge is -2.01. The normalized spacial score (nSPS) is 10.4. The summed E-state index contributed by atoms with van der Waals surface area (Å²) in [7, 11) is 0. The Balaban J connectivity index is 2.22. The molecule has 0 fully saturated rings. The molecule has 0 aliphatic rings. The Kier molecular flexibility index (Phi) is 2.50. The molecule has 0 unspecified atom stereocenters. The number of thiophene rings is 1. The van der Waals surface area contributed by atoms with Crippen molar-refractivity contribution < 1.29 is 4.79 Å². The summed E-state index contributed by atoms with van der Waals surface area (Å²) in [6.07, 6.45) is 2.82. The SMILES string of the molecule is Cc1ccc(Cn2cccc2C=O)s1. The molecular weight excluding hydrogens is 194 g/mol. The zero-order valence-electron chi connectivity index (χ0n) is 7.93. The summed E-state index contributed by atoms with van der Waals surface area (Å²) < 4.78 is 1.96. The Bertz CT molecular complexity index is 442. The third kappa shape index (κ3) is 1.77. The Morgan fingerprint density at radius 1 is 1.43 bits per heavy atom. The van der Waals surface area contributed by atoms with E-state index in [4.69, 9.17) is 0 Å². The number of hydrogen-bond acceptors (Lipinski definition) is 2. The second-order valence-electron chi connectivity index (χ2n) is 3.19. The number of aromatic nitrogens is 1. The Labute approximate surface area is 86.8 Å². The van der Waals surface area contributed by atoms with Gasteiger partial charge in [0, 0.05) is 16.0 Å². The maximum atomic E-state index is 10.7. The van der Waals surface area contributed by atoms with E-state index in [9.17, 15) is 4.79 Å². The molecule has 3 heteroatoms. The van der Waals surface area contributed by atoms with Crippen molar-refractivity contribution in [3.8, 4) is 0 Å². The van der Waals surface area contributed by atoms with Gasteiger partial charge in [0.2, 0.25) is 0 Å². The third-order valence-corrected chi connectivity index (χ3v) is 3.09. The predicted molar refractivity (Wildman–Crippen MR) is 58.0 cm³/mol. The van der Waals surface area contributed by atoms with Crippen LogP contribution in [0.3, 0.4) is 0 Å². The highest BCUT2D eigenvalue weighted by molar-refractivity contribution is 7.11. The zero-order chi connectivity index (χ0) is 9.97. The van der Waals surface area contributed by atoms with Gasteiger partial charge in [-0.25, -0.2) is 0 Å². The van der Waals surface area contributed by atoms with Crippen molar-refractivity contribution in [3.63, 3.8) is 0 Å². The van der Waals surface area contributed by atoms with Gasteiger partial charge in [-0.3, -0.25) is 4.79 Å². The first-order chi connectivity index (χ1) is 6.79. The van der Waals surface area contributed by atoms with Crippen LogP contribution < -0.4 is 0 Å². The lowest BCUT2D eigenvalue weighted by Crippen LogP contribution is -2.00. The predicted octanol–water partition coefficient (Wildman–Crippen LogP) is 2.72. The number of carbonyl (C=O) groups excluding carboxylic acids is 1. The summed E-state index contributed by atoms with van der Waals surface area (Å²) >= 11 is 1.77. The summed E-state index contributed by atoms with van der Waals surface area (Å²) in [6.45, 7) is 2.88. The zero-order valence-corrected chi connectivity index (χ0v) is 8.75. The summed E-state index contributed by atoms with van der Waals surface area (Å²) in [5.41, 5.74) is 0.732. The second-order valence-corrected chi connectivity index (χ2v) is 4.56. The van der Waals surface area contributed by atoms with Gasteiger partial charge in [0.15, 0.2) is 6.29 Å². The minimum atomic E-state index is 0.732. The largest absolute Gasteiger partial charge is 0.340 e. The van der Waals surface area contributed by atoms with Gasteiger partial charge in [-0.1, -0.05) is 0 Å². The van der Waals surface area contributed by atoms with Crippen molar-refractivity contribution in [1.82, 2.24) is 4.57 Å².